The number of ether oxygens (including phenoxy) is 1. The van der Waals surface area contributed by atoms with Crippen molar-refractivity contribution in [2.45, 2.75) is 0 Å². The lowest BCUT2D eigenvalue weighted by atomic mass is 10.3. The second-order valence-corrected chi connectivity index (χ2v) is 8.00. The Labute approximate surface area is 155 Å². The SMILES string of the molecule is Ic1cc(I)cc(Oc2c(I)c[c]cc2I)c1. The first-order valence-corrected chi connectivity index (χ1v) is 8.87. The van der Waals surface area contributed by atoms with E-state index in [1.807, 2.05) is 24.3 Å². The molecule has 0 aliphatic rings. The van der Waals surface area contributed by atoms with Crippen LogP contribution in [-0.2, 0) is 0 Å². The van der Waals surface area contributed by atoms with Crippen molar-refractivity contribution >= 4 is 90.4 Å². The van der Waals surface area contributed by atoms with Gasteiger partial charge in [0.05, 0.1) is 7.14 Å². The molecule has 0 fully saturated rings. The predicted octanol–water partition coefficient (Wildman–Crippen LogP) is 5.70. The zero-order valence-corrected chi connectivity index (χ0v) is 16.9. The highest BCUT2D eigenvalue weighted by Gasteiger charge is 2.08. The molecule has 0 aliphatic heterocycles. The lowest BCUT2D eigenvalue weighted by Gasteiger charge is -2.10. The van der Waals surface area contributed by atoms with Gasteiger partial charge < -0.3 is 4.74 Å². The number of hydrogen-bond donors (Lipinski definition) is 0. The fourth-order valence-electron chi connectivity index (χ4n) is 1.24. The molecule has 0 N–H and O–H groups in total. The summed E-state index contributed by atoms with van der Waals surface area (Å²) in [6.45, 7) is 0. The van der Waals surface area contributed by atoms with Crippen LogP contribution >= 0.6 is 90.4 Å². The van der Waals surface area contributed by atoms with Gasteiger partial charge in [-0.15, -0.1) is 0 Å². The monoisotopic (exact) mass is 673 g/mol. The molecular weight excluding hydrogens is 668 g/mol. The molecule has 0 atom stereocenters. The van der Waals surface area contributed by atoms with Crippen LogP contribution in [0.5, 0.6) is 11.5 Å². The zero-order chi connectivity index (χ0) is 12.4. The third kappa shape index (κ3) is 4.06. The van der Waals surface area contributed by atoms with E-state index in [0.29, 0.717) is 0 Å². The molecule has 0 aromatic heterocycles. The highest BCUT2D eigenvalue weighted by Crippen LogP contribution is 2.32. The van der Waals surface area contributed by atoms with Gasteiger partial charge >= 0.3 is 0 Å². The highest BCUT2D eigenvalue weighted by atomic mass is 127. The van der Waals surface area contributed by atoms with Crippen molar-refractivity contribution in [3.05, 3.63) is 50.7 Å². The van der Waals surface area contributed by atoms with Gasteiger partial charge in [0, 0.05) is 7.14 Å². The van der Waals surface area contributed by atoms with Crippen LogP contribution in [0, 0.1) is 20.3 Å². The van der Waals surface area contributed by atoms with Gasteiger partial charge in [0.15, 0.2) is 5.75 Å². The van der Waals surface area contributed by atoms with E-state index < -0.39 is 0 Å². The molecule has 0 heterocycles. The fourth-order valence-corrected chi connectivity index (χ4v) is 4.79. The molecule has 2 aromatic carbocycles. The first-order chi connectivity index (χ1) is 8.06. The van der Waals surface area contributed by atoms with E-state index in [4.69, 9.17) is 4.74 Å². The maximum absolute atomic E-state index is 5.96. The Bertz CT molecular complexity index is 514. The second-order valence-electron chi connectivity index (χ2n) is 3.19. The topological polar surface area (TPSA) is 9.23 Å². The molecule has 2 rings (SSSR count). The Balaban J connectivity index is 2.38. The molecule has 0 saturated heterocycles. The van der Waals surface area contributed by atoms with E-state index in [9.17, 15) is 0 Å². The Kier molecular flexibility index (Phi) is 5.61. The number of rotatable bonds is 2. The van der Waals surface area contributed by atoms with Crippen LogP contribution in [-0.4, -0.2) is 0 Å². The van der Waals surface area contributed by atoms with E-state index in [0.717, 1.165) is 18.6 Å². The van der Waals surface area contributed by atoms with Crippen LogP contribution in [0.2, 0.25) is 0 Å². The molecule has 1 radical (unpaired) electrons. The van der Waals surface area contributed by atoms with Crippen LogP contribution in [0.3, 0.4) is 0 Å². The fraction of sp³-hybridized carbons (Fsp3) is 0. The van der Waals surface area contributed by atoms with Gasteiger partial charge in [-0.05, 0) is 127 Å². The van der Waals surface area contributed by atoms with Crippen molar-refractivity contribution in [1.82, 2.24) is 0 Å². The van der Waals surface area contributed by atoms with Gasteiger partial charge in [-0.3, -0.25) is 0 Å². The second kappa shape index (κ2) is 6.55. The Morgan fingerprint density at radius 2 is 1.35 bits per heavy atom. The summed E-state index contributed by atoms with van der Waals surface area (Å²) in [7, 11) is 0. The summed E-state index contributed by atoms with van der Waals surface area (Å²) in [5, 5.41) is 0. The van der Waals surface area contributed by atoms with Gasteiger partial charge in [0.1, 0.15) is 5.75 Å². The molecule has 0 amide bonds. The molecule has 17 heavy (non-hydrogen) atoms. The summed E-state index contributed by atoms with van der Waals surface area (Å²) in [4.78, 5) is 0. The highest BCUT2D eigenvalue weighted by molar-refractivity contribution is 14.1. The third-order valence-electron chi connectivity index (χ3n) is 1.91. The molecule has 2 aromatic rings. The Morgan fingerprint density at radius 1 is 0.824 bits per heavy atom. The average molecular weight is 673 g/mol. The maximum Gasteiger partial charge on any atom is 0.154 e. The van der Waals surface area contributed by atoms with Crippen molar-refractivity contribution < 1.29 is 4.74 Å². The van der Waals surface area contributed by atoms with E-state index in [2.05, 4.69) is 102 Å². The van der Waals surface area contributed by atoms with Crippen LogP contribution in [0.1, 0.15) is 0 Å². The normalized spacial score (nSPS) is 10.4. The van der Waals surface area contributed by atoms with Gasteiger partial charge in [0.2, 0.25) is 0 Å². The van der Waals surface area contributed by atoms with Crippen LogP contribution in [0.15, 0.2) is 30.3 Å². The standard InChI is InChI=1S/C12H5I4O/c13-7-4-8(14)6-9(5-7)17-12-10(15)2-1-3-11(12)16/h2-6H. The molecular formula is C12H5I4O. The number of hydrogen-bond acceptors (Lipinski definition) is 1. The minimum atomic E-state index is 0.878. The summed E-state index contributed by atoms with van der Waals surface area (Å²) in [5.41, 5.74) is 0. The van der Waals surface area contributed by atoms with Gasteiger partial charge in [-0.2, -0.15) is 0 Å². The summed E-state index contributed by atoms with van der Waals surface area (Å²) >= 11 is 9.12. The van der Waals surface area contributed by atoms with E-state index in [-0.39, 0.29) is 0 Å². The summed E-state index contributed by atoms with van der Waals surface area (Å²) < 4.78 is 10.5. The summed E-state index contributed by atoms with van der Waals surface area (Å²) in [6.07, 6.45) is 0. The molecule has 0 unspecified atom stereocenters. The van der Waals surface area contributed by atoms with Gasteiger partial charge in [0.25, 0.3) is 0 Å². The first kappa shape index (κ1) is 14.6. The van der Waals surface area contributed by atoms with Crippen molar-refractivity contribution in [2.24, 2.45) is 0 Å². The molecule has 5 heteroatoms. The van der Waals surface area contributed by atoms with Gasteiger partial charge in [-0.1, -0.05) is 0 Å². The lowest BCUT2D eigenvalue weighted by Crippen LogP contribution is -1.91. The molecule has 0 spiro atoms. The minimum absolute atomic E-state index is 0.878. The average Bonchev–Trinajstić information content (AvgIpc) is 2.22. The Hall–Kier alpha value is 1.16. The number of halogens is 4. The quantitative estimate of drug-likeness (QED) is 0.373. The first-order valence-electron chi connectivity index (χ1n) is 4.55. The van der Waals surface area contributed by atoms with Crippen molar-refractivity contribution in [3.8, 4) is 11.5 Å². The van der Waals surface area contributed by atoms with E-state index >= 15 is 0 Å². The van der Waals surface area contributed by atoms with Crippen molar-refractivity contribution in [1.29, 1.82) is 0 Å². The van der Waals surface area contributed by atoms with E-state index in [1.165, 1.54) is 7.14 Å². The van der Waals surface area contributed by atoms with Crippen LogP contribution in [0.4, 0.5) is 0 Å². The van der Waals surface area contributed by atoms with Crippen molar-refractivity contribution in [3.63, 3.8) is 0 Å². The molecule has 0 bridgehead atoms. The largest absolute Gasteiger partial charge is 0.455 e. The smallest absolute Gasteiger partial charge is 0.154 e. The molecule has 1 nitrogen and oxygen atoms in total. The summed E-state index contributed by atoms with van der Waals surface area (Å²) in [5.74, 6) is 1.78. The minimum Gasteiger partial charge on any atom is -0.455 e. The maximum atomic E-state index is 5.96. The lowest BCUT2D eigenvalue weighted by molar-refractivity contribution is 0.475. The van der Waals surface area contributed by atoms with E-state index in [1.54, 1.807) is 0 Å². The summed E-state index contributed by atoms with van der Waals surface area (Å²) in [6, 6.07) is 13.1. The van der Waals surface area contributed by atoms with Gasteiger partial charge in [-0.25, -0.2) is 0 Å². The molecule has 0 saturated carbocycles. The van der Waals surface area contributed by atoms with Crippen LogP contribution < -0.4 is 4.74 Å². The Morgan fingerprint density at radius 3 is 1.88 bits per heavy atom. The molecule has 87 valence electrons. The van der Waals surface area contributed by atoms with Crippen molar-refractivity contribution in [2.75, 3.05) is 0 Å². The van der Waals surface area contributed by atoms with Crippen LogP contribution in [0.25, 0.3) is 0 Å². The number of benzene rings is 2. The third-order valence-corrected chi connectivity index (χ3v) is 4.76. The zero-order valence-electron chi connectivity index (χ0n) is 8.31. The molecule has 0 aliphatic carbocycles. The predicted molar refractivity (Wildman–Crippen MR) is 103 cm³/mol.